The van der Waals surface area contributed by atoms with E-state index in [4.69, 9.17) is 4.74 Å². The maximum absolute atomic E-state index is 11.9. The molecule has 0 spiro atoms. The van der Waals surface area contributed by atoms with Gasteiger partial charge < -0.3 is 4.74 Å². The minimum atomic E-state index is -1.21. The summed E-state index contributed by atoms with van der Waals surface area (Å²) in [5.74, 6) is -1.06. The Bertz CT molecular complexity index is 338. The molecule has 0 radical (unpaired) electrons. The summed E-state index contributed by atoms with van der Waals surface area (Å²) in [7, 11) is 1.49. The summed E-state index contributed by atoms with van der Waals surface area (Å²) in [5.41, 5.74) is -1.21. The molecule has 4 amide bonds. The Balaban J connectivity index is 2.89. The molecule has 0 aromatic carbocycles. The fourth-order valence-corrected chi connectivity index (χ4v) is 1.35. The Labute approximate surface area is 93.9 Å². The van der Waals surface area contributed by atoms with Crippen LogP contribution in [0.15, 0.2) is 0 Å². The van der Waals surface area contributed by atoms with E-state index in [2.05, 4.69) is 5.32 Å². The van der Waals surface area contributed by atoms with Crippen molar-refractivity contribution >= 4 is 17.8 Å². The highest BCUT2D eigenvalue weighted by Gasteiger charge is 2.47. The second-order valence-corrected chi connectivity index (χ2v) is 4.35. The first-order valence-electron chi connectivity index (χ1n) is 5.01. The third kappa shape index (κ3) is 2.06. The Morgan fingerprint density at radius 2 is 1.94 bits per heavy atom. The number of hydrogen-bond acceptors (Lipinski definition) is 4. The summed E-state index contributed by atoms with van der Waals surface area (Å²) in [6, 6.07) is -0.682. The zero-order valence-electron chi connectivity index (χ0n) is 9.86. The molecule has 90 valence electrons. The van der Waals surface area contributed by atoms with E-state index in [-0.39, 0.29) is 12.6 Å². The van der Waals surface area contributed by atoms with Crippen molar-refractivity contribution in [1.29, 1.82) is 0 Å². The lowest BCUT2D eigenvalue weighted by Crippen LogP contribution is -2.62. The predicted octanol–water partition coefficient (Wildman–Crippen LogP) is 0.126. The Kier molecular flexibility index (Phi) is 3.32. The van der Waals surface area contributed by atoms with Crippen LogP contribution in [0.5, 0.6) is 0 Å². The van der Waals surface area contributed by atoms with Gasteiger partial charge in [0.05, 0.1) is 12.6 Å². The van der Waals surface area contributed by atoms with E-state index in [1.54, 1.807) is 6.92 Å². The van der Waals surface area contributed by atoms with E-state index in [0.717, 1.165) is 4.90 Å². The third-order valence-corrected chi connectivity index (χ3v) is 2.66. The molecule has 0 saturated carbocycles. The Hall–Kier alpha value is -1.43. The molecule has 0 aromatic heterocycles. The summed E-state index contributed by atoms with van der Waals surface area (Å²) in [6.07, 6.45) is -0.265. The van der Waals surface area contributed by atoms with Gasteiger partial charge in [0.15, 0.2) is 0 Å². The van der Waals surface area contributed by atoms with Gasteiger partial charge in [-0.1, -0.05) is 0 Å². The van der Waals surface area contributed by atoms with Crippen LogP contribution < -0.4 is 5.32 Å². The van der Waals surface area contributed by atoms with Gasteiger partial charge in [-0.25, -0.2) is 4.79 Å². The molecule has 6 nitrogen and oxygen atoms in total. The van der Waals surface area contributed by atoms with Gasteiger partial charge in [0, 0.05) is 7.11 Å². The average molecular weight is 228 g/mol. The van der Waals surface area contributed by atoms with Gasteiger partial charge in [0.25, 0.3) is 0 Å². The van der Waals surface area contributed by atoms with Gasteiger partial charge in [-0.15, -0.1) is 0 Å². The lowest BCUT2D eigenvalue weighted by molar-refractivity contribution is -0.149. The molecule has 0 bridgehead atoms. The molecular weight excluding hydrogens is 212 g/mol. The zero-order valence-corrected chi connectivity index (χ0v) is 9.86. The van der Waals surface area contributed by atoms with Crippen LogP contribution in [-0.2, 0) is 14.3 Å². The highest BCUT2D eigenvalue weighted by atomic mass is 16.5. The second kappa shape index (κ2) is 4.21. The number of hydrogen-bond donors (Lipinski definition) is 1. The van der Waals surface area contributed by atoms with E-state index >= 15 is 0 Å². The van der Waals surface area contributed by atoms with Crippen LogP contribution in [0, 0.1) is 5.41 Å². The van der Waals surface area contributed by atoms with Gasteiger partial charge in [-0.3, -0.25) is 19.8 Å². The summed E-state index contributed by atoms with van der Waals surface area (Å²) in [6.45, 7) is 4.85. The minimum Gasteiger partial charge on any atom is -0.380 e. The summed E-state index contributed by atoms with van der Waals surface area (Å²) >= 11 is 0. The van der Waals surface area contributed by atoms with Crippen LogP contribution >= 0.6 is 0 Å². The second-order valence-electron chi connectivity index (χ2n) is 4.35. The van der Waals surface area contributed by atoms with Crippen molar-refractivity contribution < 1.29 is 19.1 Å². The summed E-state index contributed by atoms with van der Waals surface area (Å²) in [5, 5.41) is 2.15. The lowest BCUT2D eigenvalue weighted by Gasteiger charge is -2.35. The van der Waals surface area contributed by atoms with Gasteiger partial charge in [0.1, 0.15) is 5.41 Å². The highest BCUT2D eigenvalue weighted by Crippen LogP contribution is 2.23. The molecule has 1 saturated heterocycles. The molecule has 1 aliphatic rings. The standard InChI is InChI=1S/C10H16N2O4/c1-6(16-4)5-12-8(14)10(2,3)7(13)11-9(12)15/h6H,5H2,1-4H3,(H,11,13,15). The number of carbonyl (C=O) groups is 3. The first kappa shape index (κ1) is 12.6. The first-order chi connectivity index (χ1) is 7.30. The average Bonchev–Trinajstić information content (AvgIpc) is 2.22. The molecular formula is C10H16N2O4. The lowest BCUT2D eigenvalue weighted by atomic mass is 9.89. The molecule has 1 N–H and O–H groups in total. The summed E-state index contributed by atoms with van der Waals surface area (Å²) < 4.78 is 4.99. The molecule has 16 heavy (non-hydrogen) atoms. The number of ether oxygens (including phenoxy) is 1. The number of rotatable bonds is 3. The largest absolute Gasteiger partial charge is 0.380 e. The maximum Gasteiger partial charge on any atom is 0.330 e. The van der Waals surface area contributed by atoms with E-state index in [9.17, 15) is 14.4 Å². The molecule has 0 aromatic rings. The van der Waals surface area contributed by atoms with Crippen molar-refractivity contribution in [1.82, 2.24) is 10.2 Å². The molecule has 1 heterocycles. The third-order valence-electron chi connectivity index (χ3n) is 2.66. The first-order valence-corrected chi connectivity index (χ1v) is 5.01. The molecule has 1 atom stereocenters. The van der Waals surface area contributed by atoms with E-state index in [1.165, 1.54) is 21.0 Å². The monoisotopic (exact) mass is 228 g/mol. The molecule has 0 aliphatic carbocycles. The molecule has 1 aliphatic heterocycles. The van der Waals surface area contributed by atoms with Crippen LogP contribution in [0.2, 0.25) is 0 Å². The topological polar surface area (TPSA) is 75.7 Å². The number of nitrogens with one attached hydrogen (secondary N) is 1. The number of nitrogens with zero attached hydrogens (tertiary/aromatic N) is 1. The number of imide groups is 2. The fraction of sp³-hybridized carbons (Fsp3) is 0.700. The smallest absolute Gasteiger partial charge is 0.330 e. The Morgan fingerprint density at radius 3 is 2.44 bits per heavy atom. The van der Waals surface area contributed by atoms with Crippen molar-refractivity contribution in [2.24, 2.45) is 5.41 Å². The highest BCUT2D eigenvalue weighted by molar-refractivity contribution is 6.18. The SMILES string of the molecule is COC(C)CN1C(=O)NC(=O)C(C)(C)C1=O. The molecule has 6 heteroatoms. The van der Waals surface area contributed by atoms with Crippen molar-refractivity contribution in [3.63, 3.8) is 0 Å². The van der Waals surface area contributed by atoms with E-state index in [1.807, 2.05) is 0 Å². The van der Waals surface area contributed by atoms with Crippen LogP contribution in [-0.4, -0.2) is 42.5 Å². The molecule has 1 fully saturated rings. The van der Waals surface area contributed by atoms with Crippen LogP contribution in [0.4, 0.5) is 4.79 Å². The number of amides is 4. The normalized spacial score (nSPS) is 22.0. The molecule has 1 rings (SSSR count). The van der Waals surface area contributed by atoms with Crippen molar-refractivity contribution in [3.05, 3.63) is 0 Å². The fourth-order valence-electron chi connectivity index (χ4n) is 1.35. The number of methoxy groups -OCH3 is 1. The van der Waals surface area contributed by atoms with Crippen LogP contribution in [0.3, 0.4) is 0 Å². The van der Waals surface area contributed by atoms with E-state index in [0.29, 0.717) is 0 Å². The zero-order chi connectivity index (χ0) is 12.5. The van der Waals surface area contributed by atoms with Gasteiger partial charge in [-0.2, -0.15) is 0 Å². The van der Waals surface area contributed by atoms with Gasteiger partial charge in [-0.05, 0) is 20.8 Å². The quantitative estimate of drug-likeness (QED) is 0.696. The van der Waals surface area contributed by atoms with E-state index < -0.39 is 23.3 Å². The van der Waals surface area contributed by atoms with Gasteiger partial charge in [0.2, 0.25) is 11.8 Å². The Morgan fingerprint density at radius 1 is 1.38 bits per heavy atom. The predicted molar refractivity (Wildman–Crippen MR) is 55.5 cm³/mol. The van der Waals surface area contributed by atoms with Crippen molar-refractivity contribution in [2.45, 2.75) is 26.9 Å². The van der Waals surface area contributed by atoms with Crippen LogP contribution in [0.25, 0.3) is 0 Å². The number of barbiturate groups is 1. The maximum atomic E-state index is 11.9. The molecule has 1 unspecified atom stereocenters. The summed E-state index contributed by atoms with van der Waals surface area (Å²) in [4.78, 5) is 35.8. The van der Waals surface area contributed by atoms with Crippen LogP contribution in [0.1, 0.15) is 20.8 Å². The van der Waals surface area contributed by atoms with Gasteiger partial charge >= 0.3 is 6.03 Å². The number of urea groups is 1. The van der Waals surface area contributed by atoms with Crippen molar-refractivity contribution in [3.8, 4) is 0 Å². The minimum absolute atomic E-state index is 0.137. The number of carbonyl (C=O) groups excluding carboxylic acids is 3. The van der Waals surface area contributed by atoms with Crippen molar-refractivity contribution in [2.75, 3.05) is 13.7 Å².